The Morgan fingerprint density at radius 1 is 1.22 bits per heavy atom. The third kappa shape index (κ3) is 3.56. The molecule has 0 aromatic carbocycles. The van der Waals surface area contributed by atoms with E-state index in [1.807, 2.05) is 0 Å². The summed E-state index contributed by atoms with van der Waals surface area (Å²) in [6.07, 6.45) is 9.49. The van der Waals surface area contributed by atoms with Crippen LogP contribution in [0.5, 0.6) is 0 Å². The summed E-state index contributed by atoms with van der Waals surface area (Å²) in [5, 5.41) is 1.10. The van der Waals surface area contributed by atoms with Crippen molar-refractivity contribution in [2.75, 3.05) is 0 Å². The van der Waals surface area contributed by atoms with Gasteiger partial charge in [0.1, 0.15) is 10.7 Å². The Labute approximate surface area is 166 Å². The number of aryl methyl sites for hydroxylation is 2. The zero-order valence-corrected chi connectivity index (χ0v) is 17.2. The van der Waals surface area contributed by atoms with E-state index in [0.717, 1.165) is 40.9 Å². The van der Waals surface area contributed by atoms with Gasteiger partial charge in [0, 0.05) is 28.2 Å². The van der Waals surface area contributed by atoms with Crippen LogP contribution in [0.2, 0.25) is 0 Å². The second-order valence-corrected chi connectivity index (χ2v) is 9.38. The molecule has 0 aliphatic heterocycles. The predicted molar refractivity (Wildman–Crippen MR) is 111 cm³/mol. The molecular weight excluding hydrogens is 380 g/mol. The van der Waals surface area contributed by atoms with Gasteiger partial charge in [-0.3, -0.25) is 4.79 Å². The number of rotatable bonds is 2. The van der Waals surface area contributed by atoms with Gasteiger partial charge in [0.05, 0.1) is 10.4 Å². The number of nitrogens with zero attached hydrogens (tertiary/aromatic N) is 3. The van der Waals surface area contributed by atoms with Gasteiger partial charge >= 0.3 is 0 Å². The fourth-order valence-corrected chi connectivity index (χ4v) is 4.77. The van der Waals surface area contributed by atoms with Gasteiger partial charge in [0.25, 0.3) is 5.56 Å². The zero-order valence-electron chi connectivity index (χ0n) is 15.6. The molecule has 1 aliphatic rings. The summed E-state index contributed by atoms with van der Waals surface area (Å²) in [5.74, 6) is 1.15. The number of thiophene rings is 1. The van der Waals surface area contributed by atoms with E-state index in [1.54, 1.807) is 29.8 Å². The number of aromatic nitrogens is 4. The molecule has 140 valence electrons. The third-order valence-electron chi connectivity index (χ3n) is 4.69. The molecule has 0 amide bonds. The van der Waals surface area contributed by atoms with Crippen LogP contribution in [0.15, 0.2) is 17.2 Å². The van der Waals surface area contributed by atoms with E-state index in [0.29, 0.717) is 10.9 Å². The lowest BCUT2D eigenvalue weighted by Crippen LogP contribution is -2.15. The second-order valence-electron chi connectivity index (χ2n) is 7.89. The number of hydrogen-bond donors (Lipinski definition) is 1. The van der Waals surface area contributed by atoms with Gasteiger partial charge in [-0.15, -0.1) is 11.3 Å². The second kappa shape index (κ2) is 6.84. The van der Waals surface area contributed by atoms with Crippen LogP contribution in [0.1, 0.15) is 61.3 Å². The molecule has 1 aliphatic carbocycles. The van der Waals surface area contributed by atoms with E-state index < -0.39 is 0 Å². The minimum Gasteiger partial charge on any atom is -0.305 e. The van der Waals surface area contributed by atoms with Crippen molar-refractivity contribution in [1.82, 2.24) is 19.9 Å². The maximum Gasteiger partial charge on any atom is 0.260 e. The first-order valence-corrected chi connectivity index (χ1v) is 10.3. The number of H-pyrrole nitrogens is 1. The highest BCUT2D eigenvalue weighted by atomic mass is 35.5. The van der Waals surface area contributed by atoms with Crippen molar-refractivity contribution in [2.45, 2.75) is 51.9 Å². The molecule has 0 atom stereocenters. The Bertz CT molecular complexity index is 1090. The predicted octanol–water partition coefficient (Wildman–Crippen LogP) is 4.69. The molecule has 0 fully saturated rings. The Hall–Kier alpha value is -2.05. The topological polar surface area (TPSA) is 71.5 Å². The van der Waals surface area contributed by atoms with Crippen LogP contribution in [0.4, 0.5) is 0 Å². The van der Waals surface area contributed by atoms with Crippen LogP contribution in [0.3, 0.4) is 0 Å². The van der Waals surface area contributed by atoms with E-state index in [2.05, 4.69) is 40.7 Å². The minimum atomic E-state index is -0.111. The van der Waals surface area contributed by atoms with E-state index in [-0.39, 0.29) is 11.0 Å². The molecule has 27 heavy (non-hydrogen) atoms. The summed E-state index contributed by atoms with van der Waals surface area (Å²) in [5.41, 5.74) is 1.72. The summed E-state index contributed by atoms with van der Waals surface area (Å²) in [7, 11) is 0. The van der Waals surface area contributed by atoms with Crippen LogP contribution in [-0.2, 0) is 18.3 Å². The monoisotopic (exact) mass is 400 g/mol. The Morgan fingerprint density at radius 3 is 2.63 bits per heavy atom. The largest absolute Gasteiger partial charge is 0.305 e. The van der Waals surface area contributed by atoms with Crippen molar-refractivity contribution in [2.24, 2.45) is 0 Å². The maximum atomic E-state index is 12.6. The van der Waals surface area contributed by atoms with Gasteiger partial charge in [0.2, 0.25) is 0 Å². The van der Waals surface area contributed by atoms with Gasteiger partial charge in [-0.25, -0.2) is 15.0 Å². The zero-order chi connectivity index (χ0) is 19.2. The van der Waals surface area contributed by atoms with Gasteiger partial charge in [0.15, 0.2) is 5.82 Å². The van der Waals surface area contributed by atoms with E-state index >= 15 is 0 Å². The Kier molecular flexibility index (Phi) is 4.64. The molecule has 0 saturated carbocycles. The summed E-state index contributed by atoms with van der Waals surface area (Å²) in [6.45, 7) is 6.19. The number of fused-ring (bicyclic) bond motifs is 3. The molecule has 3 aromatic rings. The molecule has 0 saturated heterocycles. The quantitative estimate of drug-likeness (QED) is 0.677. The molecule has 0 unspecified atom stereocenters. The summed E-state index contributed by atoms with van der Waals surface area (Å²) >= 11 is 8.06. The summed E-state index contributed by atoms with van der Waals surface area (Å²) < 4.78 is 0. The van der Waals surface area contributed by atoms with Gasteiger partial charge < -0.3 is 4.98 Å². The van der Waals surface area contributed by atoms with Crippen molar-refractivity contribution in [1.29, 1.82) is 0 Å². The van der Waals surface area contributed by atoms with E-state index in [9.17, 15) is 4.79 Å². The van der Waals surface area contributed by atoms with Crippen molar-refractivity contribution < 1.29 is 0 Å². The van der Waals surface area contributed by atoms with Crippen LogP contribution in [0.25, 0.3) is 21.3 Å². The summed E-state index contributed by atoms with van der Waals surface area (Å²) in [4.78, 5) is 31.0. The highest BCUT2D eigenvalue weighted by Gasteiger charge is 2.20. The number of aromatic amines is 1. The number of hydrogen-bond acceptors (Lipinski definition) is 5. The van der Waals surface area contributed by atoms with E-state index in [4.69, 9.17) is 11.6 Å². The Morgan fingerprint density at radius 2 is 1.93 bits per heavy atom. The first kappa shape index (κ1) is 18.3. The van der Waals surface area contributed by atoms with Gasteiger partial charge in [-0.2, -0.15) is 0 Å². The summed E-state index contributed by atoms with van der Waals surface area (Å²) in [6, 6.07) is 0. The van der Waals surface area contributed by atoms with Crippen LogP contribution < -0.4 is 5.56 Å². The molecule has 7 heteroatoms. The molecule has 0 spiro atoms. The normalized spacial score (nSPS) is 15.2. The first-order chi connectivity index (χ1) is 12.8. The van der Waals surface area contributed by atoms with Crippen molar-refractivity contribution >= 4 is 44.3 Å². The molecular formula is C20H21ClN4OS. The molecule has 0 bridgehead atoms. The first-order valence-electron chi connectivity index (χ1n) is 9.07. The molecule has 3 heterocycles. The molecule has 3 aromatic heterocycles. The van der Waals surface area contributed by atoms with Crippen molar-refractivity contribution in [3.8, 4) is 0 Å². The Balaban J connectivity index is 1.71. The number of halogens is 1. The van der Waals surface area contributed by atoms with Crippen LogP contribution in [0, 0.1) is 0 Å². The maximum absolute atomic E-state index is 12.6. The lowest BCUT2D eigenvalue weighted by molar-refractivity contribution is 0.545. The highest BCUT2D eigenvalue weighted by molar-refractivity contribution is 7.18. The highest BCUT2D eigenvalue weighted by Crippen LogP contribution is 2.34. The average molecular weight is 401 g/mol. The van der Waals surface area contributed by atoms with Crippen molar-refractivity contribution in [3.63, 3.8) is 0 Å². The molecule has 4 rings (SSSR count). The minimum absolute atomic E-state index is 0.109. The smallest absolute Gasteiger partial charge is 0.260 e. The fraction of sp³-hybridized carbons (Fsp3) is 0.400. The third-order valence-corrected chi connectivity index (χ3v) is 6.16. The van der Waals surface area contributed by atoms with Crippen molar-refractivity contribution in [3.05, 3.63) is 50.4 Å². The number of nitrogens with one attached hydrogen (secondary N) is 1. The average Bonchev–Trinajstić information content (AvgIpc) is 3.00. The molecule has 1 N–H and O–H groups in total. The standard InChI is InChI=1S/C20H21ClN4OS/c1-20(2,3)19-22-9-11(10-23-19)8-13(21)16-24-17(26)15-12-6-4-5-7-14(12)27-18(15)25-16/h8-10H,4-7H2,1-3H3,(H,24,25,26). The van der Waals surface area contributed by atoms with Crippen LogP contribution >= 0.6 is 22.9 Å². The molecule has 0 radical (unpaired) electrons. The van der Waals surface area contributed by atoms with Gasteiger partial charge in [-0.1, -0.05) is 32.4 Å². The molecule has 5 nitrogen and oxygen atoms in total. The van der Waals surface area contributed by atoms with Crippen LogP contribution in [-0.4, -0.2) is 19.9 Å². The lowest BCUT2D eigenvalue weighted by Gasteiger charge is -2.15. The lowest BCUT2D eigenvalue weighted by atomic mass is 9.96. The SMILES string of the molecule is CC(C)(C)c1ncc(C=C(Cl)c2nc3sc4c(c3c(=O)[nH]2)CCCC4)cn1. The van der Waals surface area contributed by atoms with Gasteiger partial charge in [-0.05, 0) is 37.3 Å². The fourth-order valence-electron chi connectivity index (χ4n) is 3.29. The van der Waals surface area contributed by atoms with E-state index in [1.165, 1.54) is 16.9 Å².